The van der Waals surface area contributed by atoms with Gasteiger partial charge in [-0.25, -0.2) is 0 Å². The van der Waals surface area contributed by atoms with Gasteiger partial charge < -0.3 is 11.1 Å². The van der Waals surface area contributed by atoms with E-state index in [1.54, 1.807) is 0 Å². The molecule has 1 fully saturated rings. The average molecular weight is 348 g/mol. The van der Waals surface area contributed by atoms with Crippen molar-refractivity contribution >= 4 is 36.4 Å². The normalized spacial score (nSPS) is 14.7. The second-order valence-corrected chi connectivity index (χ2v) is 5.75. The Labute approximate surface area is 145 Å². The maximum atomic E-state index is 11.9. The van der Waals surface area contributed by atoms with Crippen LogP contribution in [-0.4, -0.2) is 36.5 Å². The molecule has 126 valence electrons. The van der Waals surface area contributed by atoms with Crippen LogP contribution in [0.5, 0.6) is 0 Å². The third kappa shape index (κ3) is 6.42. The predicted octanol–water partition coefficient (Wildman–Crippen LogP) is 2.64. The summed E-state index contributed by atoms with van der Waals surface area (Å²) in [5.74, 6) is 0.101. The molecule has 1 atom stereocenters. The quantitative estimate of drug-likeness (QED) is 0.745. The van der Waals surface area contributed by atoms with Gasteiger partial charge in [0.25, 0.3) is 0 Å². The number of halogens is 2. The number of amides is 1. The number of hydrogen-bond donors (Lipinski definition) is 2. The maximum absolute atomic E-state index is 11.9. The topological polar surface area (TPSA) is 58.4 Å². The molecular formula is C16H27Cl2N3O. The van der Waals surface area contributed by atoms with Gasteiger partial charge in [0.15, 0.2) is 0 Å². The van der Waals surface area contributed by atoms with Crippen LogP contribution in [0.2, 0.25) is 0 Å². The number of nitrogens with two attached hydrogens (primary N) is 1. The molecule has 1 aromatic carbocycles. The SMILES string of the molecule is CC(CNC(=O)CCc1ccccc1N)N(C)C1CC1.Cl.Cl. The fourth-order valence-corrected chi connectivity index (χ4v) is 2.35. The maximum Gasteiger partial charge on any atom is 0.220 e. The molecule has 0 saturated heterocycles. The van der Waals surface area contributed by atoms with Gasteiger partial charge in [-0.15, -0.1) is 24.8 Å². The minimum Gasteiger partial charge on any atom is -0.399 e. The van der Waals surface area contributed by atoms with Gasteiger partial charge in [0.05, 0.1) is 0 Å². The van der Waals surface area contributed by atoms with E-state index in [9.17, 15) is 4.79 Å². The Bertz CT molecular complexity index is 466. The Kier molecular flexibility index (Phi) is 9.49. The Balaban J connectivity index is 0.00000220. The van der Waals surface area contributed by atoms with Crippen molar-refractivity contribution in [3.05, 3.63) is 29.8 Å². The fraction of sp³-hybridized carbons (Fsp3) is 0.562. The van der Waals surface area contributed by atoms with Crippen molar-refractivity contribution in [3.8, 4) is 0 Å². The Morgan fingerprint density at radius 3 is 2.59 bits per heavy atom. The molecule has 2 rings (SSSR count). The zero-order chi connectivity index (χ0) is 14.5. The van der Waals surface area contributed by atoms with Gasteiger partial charge in [0.2, 0.25) is 5.91 Å². The molecule has 0 spiro atoms. The van der Waals surface area contributed by atoms with Crippen LogP contribution in [0.15, 0.2) is 24.3 Å². The van der Waals surface area contributed by atoms with Gasteiger partial charge in [-0.2, -0.15) is 0 Å². The minimum atomic E-state index is 0. The van der Waals surface area contributed by atoms with Gasteiger partial charge in [-0.1, -0.05) is 18.2 Å². The minimum absolute atomic E-state index is 0. The Hall–Kier alpha value is -0.970. The van der Waals surface area contributed by atoms with Crippen molar-refractivity contribution in [2.75, 3.05) is 19.3 Å². The number of carbonyl (C=O) groups excluding carboxylic acids is 1. The van der Waals surface area contributed by atoms with Gasteiger partial charge in [-0.3, -0.25) is 9.69 Å². The lowest BCUT2D eigenvalue weighted by atomic mass is 10.1. The summed E-state index contributed by atoms with van der Waals surface area (Å²) in [4.78, 5) is 14.2. The van der Waals surface area contributed by atoms with Crippen molar-refractivity contribution in [1.82, 2.24) is 10.2 Å². The zero-order valence-corrected chi connectivity index (χ0v) is 14.9. The van der Waals surface area contributed by atoms with Crippen LogP contribution in [0.1, 0.15) is 31.7 Å². The summed E-state index contributed by atoms with van der Waals surface area (Å²) in [6.07, 6.45) is 3.78. The molecular weight excluding hydrogens is 321 g/mol. The number of hydrogen-bond acceptors (Lipinski definition) is 3. The highest BCUT2D eigenvalue weighted by atomic mass is 35.5. The average Bonchev–Trinajstić information content (AvgIpc) is 3.27. The molecule has 1 saturated carbocycles. The Morgan fingerprint density at radius 1 is 1.36 bits per heavy atom. The van der Waals surface area contributed by atoms with Crippen LogP contribution in [0.3, 0.4) is 0 Å². The molecule has 6 heteroatoms. The number of aryl methyl sites for hydroxylation is 1. The summed E-state index contributed by atoms with van der Waals surface area (Å²) in [7, 11) is 2.14. The van der Waals surface area contributed by atoms with E-state index >= 15 is 0 Å². The van der Waals surface area contributed by atoms with E-state index in [1.807, 2.05) is 24.3 Å². The van der Waals surface area contributed by atoms with E-state index < -0.39 is 0 Å². The molecule has 1 amide bonds. The molecule has 0 aliphatic heterocycles. The summed E-state index contributed by atoms with van der Waals surface area (Å²) >= 11 is 0. The molecule has 1 aliphatic carbocycles. The molecule has 1 aromatic rings. The van der Waals surface area contributed by atoms with Crippen LogP contribution in [0, 0.1) is 0 Å². The zero-order valence-electron chi connectivity index (χ0n) is 13.2. The van der Waals surface area contributed by atoms with Crippen molar-refractivity contribution in [2.45, 2.75) is 44.7 Å². The van der Waals surface area contributed by atoms with Crippen LogP contribution in [0.25, 0.3) is 0 Å². The number of benzene rings is 1. The lowest BCUT2D eigenvalue weighted by molar-refractivity contribution is -0.121. The fourth-order valence-electron chi connectivity index (χ4n) is 2.35. The van der Waals surface area contributed by atoms with Crippen molar-refractivity contribution in [3.63, 3.8) is 0 Å². The number of para-hydroxylation sites is 1. The van der Waals surface area contributed by atoms with Crippen LogP contribution < -0.4 is 11.1 Å². The smallest absolute Gasteiger partial charge is 0.220 e. The molecule has 3 N–H and O–H groups in total. The molecule has 4 nitrogen and oxygen atoms in total. The summed E-state index contributed by atoms with van der Waals surface area (Å²) in [6, 6.07) is 8.84. The van der Waals surface area contributed by atoms with Crippen molar-refractivity contribution < 1.29 is 4.79 Å². The molecule has 1 aliphatic rings. The first kappa shape index (κ1) is 21.0. The molecule has 1 unspecified atom stereocenters. The first-order chi connectivity index (χ1) is 9.58. The van der Waals surface area contributed by atoms with E-state index in [2.05, 4.69) is 24.2 Å². The van der Waals surface area contributed by atoms with Crippen LogP contribution in [-0.2, 0) is 11.2 Å². The van der Waals surface area contributed by atoms with E-state index in [0.29, 0.717) is 18.9 Å². The van der Waals surface area contributed by atoms with E-state index in [4.69, 9.17) is 5.73 Å². The van der Waals surface area contributed by atoms with Crippen molar-refractivity contribution in [2.24, 2.45) is 0 Å². The Morgan fingerprint density at radius 2 is 2.00 bits per heavy atom. The largest absolute Gasteiger partial charge is 0.399 e. The third-order valence-electron chi connectivity index (χ3n) is 4.09. The highest BCUT2D eigenvalue weighted by Crippen LogP contribution is 2.26. The van der Waals surface area contributed by atoms with Crippen LogP contribution in [0.4, 0.5) is 5.69 Å². The summed E-state index contributed by atoms with van der Waals surface area (Å²) in [6.45, 7) is 2.88. The lowest BCUT2D eigenvalue weighted by Crippen LogP contribution is -2.41. The first-order valence-corrected chi connectivity index (χ1v) is 7.40. The first-order valence-electron chi connectivity index (χ1n) is 7.40. The highest BCUT2D eigenvalue weighted by Gasteiger charge is 2.29. The summed E-state index contributed by atoms with van der Waals surface area (Å²) in [5, 5.41) is 3.01. The number of nitrogens with zero attached hydrogens (tertiary/aromatic N) is 1. The van der Waals surface area contributed by atoms with Gasteiger partial charge in [-0.05, 0) is 44.9 Å². The number of rotatable bonds is 7. The second-order valence-electron chi connectivity index (χ2n) is 5.75. The van der Waals surface area contributed by atoms with E-state index in [-0.39, 0.29) is 30.7 Å². The van der Waals surface area contributed by atoms with Gasteiger partial charge in [0, 0.05) is 30.7 Å². The van der Waals surface area contributed by atoms with Gasteiger partial charge in [0.1, 0.15) is 0 Å². The van der Waals surface area contributed by atoms with Crippen molar-refractivity contribution in [1.29, 1.82) is 0 Å². The molecule has 0 heterocycles. The predicted molar refractivity (Wildman–Crippen MR) is 96.9 cm³/mol. The summed E-state index contributed by atoms with van der Waals surface area (Å²) in [5.41, 5.74) is 7.68. The standard InChI is InChI=1S/C16H25N3O.2ClH/c1-12(19(2)14-8-9-14)11-18-16(20)10-7-13-5-3-4-6-15(13)17;;/h3-6,12,14H,7-11,17H2,1-2H3,(H,18,20);2*1H. The number of nitrogen functional groups attached to an aromatic ring is 1. The molecule has 0 radical (unpaired) electrons. The van der Waals surface area contributed by atoms with Gasteiger partial charge >= 0.3 is 0 Å². The monoisotopic (exact) mass is 347 g/mol. The number of carbonyl (C=O) groups is 1. The number of likely N-dealkylation sites (N-methyl/N-ethyl adjacent to an activating group) is 1. The molecule has 0 aromatic heterocycles. The second kappa shape index (κ2) is 9.93. The van der Waals surface area contributed by atoms with Crippen LogP contribution >= 0.6 is 24.8 Å². The highest BCUT2D eigenvalue weighted by molar-refractivity contribution is 5.85. The van der Waals surface area contributed by atoms with E-state index in [0.717, 1.165) is 23.8 Å². The number of nitrogens with one attached hydrogen (secondary N) is 1. The lowest BCUT2D eigenvalue weighted by Gasteiger charge is -2.24. The number of anilines is 1. The third-order valence-corrected chi connectivity index (χ3v) is 4.09. The molecule has 22 heavy (non-hydrogen) atoms. The molecule has 0 bridgehead atoms. The van der Waals surface area contributed by atoms with E-state index in [1.165, 1.54) is 12.8 Å². The summed E-state index contributed by atoms with van der Waals surface area (Å²) < 4.78 is 0.